The van der Waals surface area contributed by atoms with Gasteiger partial charge in [0.25, 0.3) is 5.91 Å². The predicted octanol–water partition coefficient (Wildman–Crippen LogP) is 7.59. The lowest BCUT2D eigenvalue weighted by atomic mass is 10.1. The first kappa shape index (κ1) is 25.6. The van der Waals surface area contributed by atoms with Gasteiger partial charge in [-0.2, -0.15) is 5.26 Å². The number of benzene rings is 3. The summed E-state index contributed by atoms with van der Waals surface area (Å²) in [4.78, 5) is 12.7. The van der Waals surface area contributed by atoms with Gasteiger partial charge in [-0.3, -0.25) is 4.79 Å². The number of carbonyl (C=O) groups excluding carboxylic acids is 1. The van der Waals surface area contributed by atoms with Crippen LogP contribution in [0.2, 0.25) is 10.0 Å². The third-order valence-corrected chi connectivity index (χ3v) is 6.15. The molecule has 0 bridgehead atoms. The Balaban J connectivity index is 1.84. The molecule has 0 aliphatic carbocycles. The van der Waals surface area contributed by atoms with Crippen molar-refractivity contribution in [3.63, 3.8) is 0 Å². The van der Waals surface area contributed by atoms with Crippen LogP contribution in [0.15, 0.2) is 64.6 Å². The van der Waals surface area contributed by atoms with Gasteiger partial charge in [0.15, 0.2) is 11.5 Å². The lowest BCUT2D eigenvalue weighted by Crippen LogP contribution is -2.13. The molecule has 0 aliphatic heterocycles. The molecule has 0 saturated heterocycles. The first-order valence-electron chi connectivity index (χ1n) is 10.3. The molecule has 8 heteroatoms. The molecule has 0 aliphatic rings. The van der Waals surface area contributed by atoms with Crippen molar-refractivity contribution < 1.29 is 14.3 Å². The Kier molecular flexibility index (Phi) is 9.00. The summed E-state index contributed by atoms with van der Waals surface area (Å²) in [6.45, 7) is 4.69. The second-order valence-electron chi connectivity index (χ2n) is 7.28. The van der Waals surface area contributed by atoms with E-state index in [1.165, 1.54) is 17.7 Å². The molecule has 174 valence electrons. The molecule has 34 heavy (non-hydrogen) atoms. The third kappa shape index (κ3) is 6.77. The number of amides is 1. The van der Waals surface area contributed by atoms with Crippen LogP contribution in [-0.2, 0) is 11.4 Å². The number of hydrogen-bond acceptors (Lipinski definition) is 4. The van der Waals surface area contributed by atoms with Crippen LogP contribution in [0.4, 0.5) is 5.69 Å². The van der Waals surface area contributed by atoms with E-state index in [2.05, 4.69) is 21.2 Å². The average Bonchev–Trinajstić information content (AvgIpc) is 2.81. The Bertz CT molecular complexity index is 1270. The maximum absolute atomic E-state index is 12.7. The van der Waals surface area contributed by atoms with Gasteiger partial charge in [-0.15, -0.1) is 0 Å². The van der Waals surface area contributed by atoms with E-state index < -0.39 is 5.91 Å². The van der Waals surface area contributed by atoms with Crippen LogP contribution >= 0.6 is 39.1 Å². The standard InChI is InChI=1S/C26H21BrCl2N2O3/c1-3-33-24-11-18(21(27)13-25(24)34-15-17-6-4-16(2)5-7-17)10-19(14-30)26(32)31-20-8-9-22(28)23(29)12-20/h4-13H,3,15H2,1-2H3,(H,31,32)/b19-10+. The SMILES string of the molecule is CCOc1cc(/C=C(\C#N)C(=O)Nc2ccc(Cl)c(Cl)c2)c(Br)cc1OCc1ccc(C)cc1. The van der Waals surface area contributed by atoms with Crippen LogP contribution in [0.1, 0.15) is 23.6 Å². The zero-order valence-electron chi connectivity index (χ0n) is 18.5. The van der Waals surface area contributed by atoms with Crippen molar-refractivity contribution in [1.82, 2.24) is 0 Å². The number of halogens is 3. The Labute approximate surface area is 217 Å². The van der Waals surface area contributed by atoms with Crippen LogP contribution < -0.4 is 14.8 Å². The lowest BCUT2D eigenvalue weighted by molar-refractivity contribution is -0.112. The summed E-state index contributed by atoms with van der Waals surface area (Å²) in [7, 11) is 0. The summed E-state index contributed by atoms with van der Waals surface area (Å²) in [5, 5.41) is 12.9. The van der Waals surface area contributed by atoms with E-state index in [1.807, 2.05) is 44.2 Å². The molecule has 1 N–H and O–H groups in total. The Morgan fingerprint density at radius 2 is 1.76 bits per heavy atom. The maximum Gasteiger partial charge on any atom is 0.266 e. The van der Waals surface area contributed by atoms with E-state index in [0.29, 0.717) is 50.5 Å². The van der Waals surface area contributed by atoms with E-state index >= 15 is 0 Å². The fourth-order valence-corrected chi connectivity index (χ4v) is 3.70. The van der Waals surface area contributed by atoms with Gasteiger partial charge in [0.05, 0.1) is 16.7 Å². The molecule has 0 heterocycles. The minimum Gasteiger partial charge on any atom is -0.490 e. The van der Waals surface area contributed by atoms with Crippen molar-refractivity contribution >= 4 is 56.8 Å². The van der Waals surface area contributed by atoms with E-state index in [4.69, 9.17) is 32.7 Å². The highest BCUT2D eigenvalue weighted by Gasteiger charge is 2.15. The first-order valence-corrected chi connectivity index (χ1v) is 11.9. The Hall–Kier alpha value is -2.98. The monoisotopic (exact) mass is 558 g/mol. The molecule has 0 unspecified atom stereocenters. The van der Waals surface area contributed by atoms with Crippen LogP contribution in [0.5, 0.6) is 11.5 Å². The largest absolute Gasteiger partial charge is 0.490 e. The van der Waals surface area contributed by atoms with Crippen LogP contribution in [0.3, 0.4) is 0 Å². The van der Waals surface area contributed by atoms with Crippen molar-refractivity contribution in [3.8, 4) is 17.6 Å². The minimum atomic E-state index is -0.578. The second kappa shape index (κ2) is 11.9. The highest BCUT2D eigenvalue weighted by atomic mass is 79.9. The zero-order valence-corrected chi connectivity index (χ0v) is 21.6. The summed E-state index contributed by atoms with van der Waals surface area (Å²) in [5.74, 6) is 0.474. The summed E-state index contributed by atoms with van der Waals surface area (Å²) >= 11 is 15.4. The summed E-state index contributed by atoms with van der Waals surface area (Å²) < 4.78 is 12.4. The lowest BCUT2D eigenvalue weighted by Gasteiger charge is -2.14. The number of nitrogens with one attached hydrogen (secondary N) is 1. The summed E-state index contributed by atoms with van der Waals surface area (Å²) in [6.07, 6.45) is 1.48. The predicted molar refractivity (Wildman–Crippen MR) is 140 cm³/mol. The molecule has 0 spiro atoms. The van der Waals surface area contributed by atoms with Crippen LogP contribution in [-0.4, -0.2) is 12.5 Å². The molecule has 0 fully saturated rings. The van der Waals surface area contributed by atoms with Gasteiger partial charge in [-0.05, 0) is 61.4 Å². The second-order valence-corrected chi connectivity index (χ2v) is 8.95. The first-order chi connectivity index (χ1) is 16.3. The topological polar surface area (TPSA) is 71.3 Å². The normalized spacial score (nSPS) is 11.0. The van der Waals surface area contributed by atoms with E-state index in [1.54, 1.807) is 24.3 Å². The number of anilines is 1. The van der Waals surface area contributed by atoms with Crippen LogP contribution in [0, 0.1) is 18.3 Å². The van der Waals surface area contributed by atoms with Gasteiger partial charge in [0.1, 0.15) is 18.2 Å². The van der Waals surface area contributed by atoms with Gasteiger partial charge >= 0.3 is 0 Å². The van der Waals surface area contributed by atoms with E-state index in [-0.39, 0.29) is 5.57 Å². The number of aryl methyl sites for hydroxylation is 1. The van der Waals surface area contributed by atoms with Gasteiger partial charge in [-0.1, -0.05) is 69.0 Å². The fraction of sp³-hybridized carbons (Fsp3) is 0.154. The number of carbonyl (C=O) groups is 1. The van der Waals surface area contributed by atoms with Crippen molar-refractivity contribution in [2.75, 3.05) is 11.9 Å². The molecular weight excluding hydrogens is 539 g/mol. The van der Waals surface area contributed by atoms with Crippen LogP contribution in [0.25, 0.3) is 6.08 Å². The highest BCUT2D eigenvalue weighted by molar-refractivity contribution is 9.10. The Morgan fingerprint density at radius 3 is 2.41 bits per heavy atom. The number of hydrogen-bond donors (Lipinski definition) is 1. The van der Waals surface area contributed by atoms with Crippen molar-refractivity contribution in [3.05, 3.63) is 91.4 Å². The minimum absolute atomic E-state index is 0.0949. The number of ether oxygens (including phenoxy) is 2. The van der Waals surface area contributed by atoms with Crippen molar-refractivity contribution in [2.45, 2.75) is 20.5 Å². The number of nitriles is 1. The van der Waals surface area contributed by atoms with Gasteiger partial charge < -0.3 is 14.8 Å². The van der Waals surface area contributed by atoms with Gasteiger partial charge in [-0.25, -0.2) is 0 Å². The molecule has 3 rings (SSSR count). The van der Waals surface area contributed by atoms with Crippen molar-refractivity contribution in [1.29, 1.82) is 5.26 Å². The van der Waals surface area contributed by atoms with Gasteiger partial charge in [0.2, 0.25) is 0 Å². The van der Waals surface area contributed by atoms with Crippen molar-refractivity contribution in [2.24, 2.45) is 0 Å². The van der Waals surface area contributed by atoms with Gasteiger partial charge in [0, 0.05) is 10.2 Å². The van der Waals surface area contributed by atoms with E-state index in [9.17, 15) is 10.1 Å². The molecule has 0 aromatic heterocycles. The van der Waals surface area contributed by atoms with E-state index in [0.717, 1.165) is 5.56 Å². The molecular formula is C26H21BrCl2N2O3. The molecule has 3 aromatic rings. The molecule has 3 aromatic carbocycles. The highest BCUT2D eigenvalue weighted by Crippen LogP contribution is 2.35. The zero-order chi connectivity index (χ0) is 24.7. The quantitative estimate of drug-likeness (QED) is 0.228. The third-order valence-electron chi connectivity index (χ3n) is 4.72. The average molecular weight is 560 g/mol. The molecule has 1 amide bonds. The number of rotatable bonds is 8. The smallest absolute Gasteiger partial charge is 0.266 e. The Morgan fingerprint density at radius 1 is 1.06 bits per heavy atom. The molecule has 0 atom stereocenters. The molecule has 0 saturated carbocycles. The summed E-state index contributed by atoms with van der Waals surface area (Å²) in [6, 6.07) is 18.2. The molecule has 5 nitrogen and oxygen atoms in total. The fourth-order valence-electron chi connectivity index (χ4n) is 2.96. The maximum atomic E-state index is 12.7. The summed E-state index contributed by atoms with van der Waals surface area (Å²) in [5.41, 5.74) is 3.12. The molecule has 0 radical (unpaired) electrons. The number of nitrogens with zero attached hydrogens (tertiary/aromatic N) is 1.